The van der Waals surface area contributed by atoms with Crippen molar-refractivity contribution >= 4 is 17.6 Å². The van der Waals surface area contributed by atoms with E-state index in [0.29, 0.717) is 13.2 Å². The van der Waals surface area contributed by atoms with Crippen LogP contribution < -0.4 is 10.6 Å². The molecule has 0 aliphatic carbocycles. The predicted octanol–water partition coefficient (Wildman–Crippen LogP) is 1.38. The quantitative estimate of drug-likeness (QED) is 0.708. The van der Waals surface area contributed by atoms with Gasteiger partial charge < -0.3 is 20.5 Å². The number of carbonyl (C=O) groups is 2. The number of nitrogens with one attached hydrogen (secondary N) is 2. The highest BCUT2D eigenvalue weighted by Gasteiger charge is 2.24. The summed E-state index contributed by atoms with van der Waals surface area (Å²) in [5, 5.41) is 14.3. The van der Waals surface area contributed by atoms with Crippen molar-refractivity contribution in [3.05, 3.63) is 30.1 Å². The summed E-state index contributed by atoms with van der Waals surface area (Å²) in [5.41, 5.74) is 0.0377. The fourth-order valence-corrected chi connectivity index (χ4v) is 2.28. The van der Waals surface area contributed by atoms with Crippen molar-refractivity contribution in [2.45, 2.75) is 31.4 Å². The van der Waals surface area contributed by atoms with Crippen molar-refractivity contribution in [1.82, 2.24) is 5.32 Å². The summed E-state index contributed by atoms with van der Waals surface area (Å²) in [5.74, 6) is -2.24. The van der Waals surface area contributed by atoms with Gasteiger partial charge in [-0.05, 0) is 25.0 Å². The fraction of sp³-hybridized carbons (Fsp3) is 0.467. The Morgan fingerprint density at radius 3 is 2.82 bits per heavy atom. The van der Waals surface area contributed by atoms with Crippen LogP contribution in [-0.2, 0) is 14.3 Å². The minimum absolute atomic E-state index is 0.0171. The molecule has 1 aromatic rings. The van der Waals surface area contributed by atoms with E-state index in [1.807, 2.05) is 0 Å². The third kappa shape index (κ3) is 4.78. The molecule has 1 fully saturated rings. The Kier molecular flexibility index (Phi) is 5.85. The summed E-state index contributed by atoms with van der Waals surface area (Å²) < 4.78 is 18.8. The van der Waals surface area contributed by atoms with E-state index in [4.69, 9.17) is 9.84 Å². The summed E-state index contributed by atoms with van der Waals surface area (Å²) in [6.45, 7) is 1.06. The van der Waals surface area contributed by atoms with Crippen LogP contribution in [0.5, 0.6) is 0 Å². The van der Waals surface area contributed by atoms with Crippen LogP contribution in [-0.4, -0.2) is 42.3 Å². The highest BCUT2D eigenvalue weighted by Crippen LogP contribution is 2.14. The first-order valence-corrected chi connectivity index (χ1v) is 7.18. The molecule has 1 saturated heterocycles. The van der Waals surface area contributed by atoms with E-state index >= 15 is 0 Å². The number of carboxylic acids is 1. The lowest BCUT2D eigenvalue weighted by Gasteiger charge is -2.17. The SMILES string of the molecule is O=C(C[C@H](NC[C@H]1CCCO1)C(=O)O)Nc1ccccc1F. The monoisotopic (exact) mass is 310 g/mol. The van der Waals surface area contributed by atoms with E-state index in [1.165, 1.54) is 18.2 Å². The normalized spacial score (nSPS) is 18.9. The molecule has 0 aromatic heterocycles. The molecule has 2 rings (SSSR count). The van der Waals surface area contributed by atoms with Crippen LogP contribution in [0.3, 0.4) is 0 Å². The number of anilines is 1. The smallest absolute Gasteiger partial charge is 0.321 e. The van der Waals surface area contributed by atoms with E-state index in [-0.39, 0.29) is 18.2 Å². The second-order valence-corrected chi connectivity index (χ2v) is 5.17. The summed E-state index contributed by atoms with van der Waals surface area (Å²) in [6, 6.07) is 4.70. The number of rotatable bonds is 7. The Morgan fingerprint density at radius 1 is 1.41 bits per heavy atom. The summed E-state index contributed by atoms with van der Waals surface area (Å²) >= 11 is 0. The summed E-state index contributed by atoms with van der Waals surface area (Å²) in [4.78, 5) is 23.1. The van der Waals surface area contributed by atoms with E-state index < -0.39 is 23.7 Å². The number of benzene rings is 1. The maximum absolute atomic E-state index is 13.4. The molecule has 0 radical (unpaired) electrons. The number of para-hydroxylation sites is 1. The van der Waals surface area contributed by atoms with Crippen LogP contribution in [0.2, 0.25) is 0 Å². The maximum Gasteiger partial charge on any atom is 0.321 e. The standard InChI is InChI=1S/C15H19FN2O4/c16-11-5-1-2-6-12(11)18-14(19)8-13(15(20)21)17-9-10-4-3-7-22-10/h1-2,5-6,10,13,17H,3-4,7-9H2,(H,18,19)(H,20,21)/t10-,13+/m1/s1. The van der Waals surface area contributed by atoms with Gasteiger partial charge in [-0.2, -0.15) is 0 Å². The number of carbonyl (C=O) groups excluding carboxylic acids is 1. The molecule has 6 nitrogen and oxygen atoms in total. The number of ether oxygens (including phenoxy) is 1. The molecule has 2 atom stereocenters. The van der Waals surface area contributed by atoms with Gasteiger partial charge in [-0.25, -0.2) is 4.39 Å². The van der Waals surface area contributed by atoms with Crippen molar-refractivity contribution in [3.63, 3.8) is 0 Å². The molecule has 120 valence electrons. The Labute approximate surface area is 127 Å². The maximum atomic E-state index is 13.4. The lowest BCUT2D eigenvalue weighted by Crippen LogP contribution is -2.43. The minimum atomic E-state index is -1.12. The predicted molar refractivity (Wildman–Crippen MR) is 78.0 cm³/mol. The summed E-state index contributed by atoms with van der Waals surface area (Å²) in [7, 11) is 0. The average Bonchev–Trinajstić information content (AvgIpc) is 2.99. The van der Waals surface area contributed by atoms with Gasteiger partial charge in [-0.15, -0.1) is 0 Å². The van der Waals surface area contributed by atoms with E-state index in [9.17, 15) is 14.0 Å². The first kappa shape index (κ1) is 16.4. The molecule has 22 heavy (non-hydrogen) atoms. The molecule has 1 aliphatic rings. The Morgan fingerprint density at radius 2 is 2.18 bits per heavy atom. The topological polar surface area (TPSA) is 87.7 Å². The van der Waals surface area contributed by atoms with Gasteiger partial charge in [0.25, 0.3) is 0 Å². The van der Waals surface area contributed by atoms with Crippen molar-refractivity contribution in [2.75, 3.05) is 18.5 Å². The number of carboxylic acid groups (broad SMARTS) is 1. The molecule has 1 heterocycles. The zero-order valence-electron chi connectivity index (χ0n) is 12.0. The highest BCUT2D eigenvalue weighted by atomic mass is 19.1. The van der Waals surface area contributed by atoms with Gasteiger partial charge in [0.15, 0.2) is 0 Å². The molecular weight excluding hydrogens is 291 g/mol. The Balaban J connectivity index is 1.85. The number of hydrogen-bond donors (Lipinski definition) is 3. The van der Waals surface area contributed by atoms with Gasteiger partial charge in [-0.1, -0.05) is 12.1 Å². The molecule has 3 N–H and O–H groups in total. The number of aliphatic carboxylic acids is 1. The zero-order chi connectivity index (χ0) is 15.9. The highest BCUT2D eigenvalue weighted by molar-refractivity contribution is 5.94. The van der Waals surface area contributed by atoms with Crippen LogP contribution in [0.15, 0.2) is 24.3 Å². The molecule has 0 bridgehead atoms. The second-order valence-electron chi connectivity index (χ2n) is 5.17. The molecule has 1 aliphatic heterocycles. The largest absolute Gasteiger partial charge is 0.480 e. The van der Waals surface area contributed by atoms with Gasteiger partial charge in [0.1, 0.15) is 11.9 Å². The summed E-state index contributed by atoms with van der Waals surface area (Å²) in [6.07, 6.45) is 1.53. The molecule has 0 unspecified atom stereocenters. The molecule has 1 amide bonds. The van der Waals surface area contributed by atoms with E-state index in [0.717, 1.165) is 12.8 Å². The molecule has 0 saturated carbocycles. The van der Waals surface area contributed by atoms with Gasteiger partial charge in [0.2, 0.25) is 5.91 Å². The van der Waals surface area contributed by atoms with Crippen LogP contribution in [0, 0.1) is 5.82 Å². The number of hydrogen-bond acceptors (Lipinski definition) is 4. The molecule has 1 aromatic carbocycles. The Hall–Kier alpha value is -1.99. The molecular formula is C15H19FN2O4. The Bertz CT molecular complexity index is 532. The minimum Gasteiger partial charge on any atom is -0.480 e. The lowest BCUT2D eigenvalue weighted by atomic mass is 10.1. The van der Waals surface area contributed by atoms with Crippen LogP contribution in [0.25, 0.3) is 0 Å². The van der Waals surface area contributed by atoms with Crippen molar-refractivity contribution in [3.8, 4) is 0 Å². The number of halogens is 1. The first-order valence-electron chi connectivity index (χ1n) is 7.18. The van der Waals surface area contributed by atoms with Crippen LogP contribution >= 0.6 is 0 Å². The third-order valence-electron chi connectivity index (χ3n) is 3.45. The zero-order valence-corrected chi connectivity index (χ0v) is 12.0. The second kappa shape index (κ2) is 7.86. The van der Waals surface area contributed by atoms with Crippen LogP contribution in [0.1, 0.15) is 19.3 Å². The van der Waals surface area contributed by atoms with Gasteiger partial charge in [0.05, 0.1) is 18.2 Å². The van der Waals surface area contributed by atoms with Crippen molar-refractivity contribution in [2.24, 2.45) is 0 Å². The average molecular weight is 310 g/mol. The fourth-order valence-electron chi connectivity index (χ4n) is 2.28. The molecule has 0 spiro atoms. The number of amides is 1. The van der Waals surface area contributed by atoms with Gasteiger partial charge >= 0.3 is 5.97 Å². The van der Waals surface area contributed by atoms with Gasteiger partial charge in [0, 0.05) is 13.2 Å². The van der Waals surface area contributed by atoms with E-state index in [2.05, 4.69) is 10.6 Å². The third-order valence-corrected chi connectivity index (χ3v) is 3.45. The lowest BCUT2D eigenvalue weighted by molar-refractivity contribution is -0.141. The van der Waals surface area contributed by atoms with Crippen molar-refractivity contribution in [1.29, 1.82) is 0 Å². The van der Waals surface area contributed by atoms with Gasteiger partial charge in [-0.3, -0.25) is 9.59 Å². The van der Waals surface area contributed by atoms with Crippen LogP contribution in [0.4, 0.5) is 10.1 Å². The van der Waals surface area contributed by atoms with Crippen molar-refractivity contribution < 1.29 is 23.8 Å². The molecule has 7 heteroatoms. The first-order chi connectivity index (χ1) is 10.6. The van der Waals surface area contributed by atoms with E-state index in [1.54, 1.807) is 6.07 Å².